The normalized spacial score (nSPS) is 26.9. The van der Waals surface area contributed by atoms with Crippen LogP contribution in [0, 0.1) is 5.92 Å². The average Bonchev–Trinajstić information content (AvgIpc) is 2.18. The van der Waals surface area contributed by atoms with Crippen molar-refractivity contribution in [3.05, 3.63) is 5.92 Å². The van der Waals surface area contributed by atoms with Gasteiger partial charge in [-0.3, -0.25) is 9.69 Å². The number of ketones is 1. The van der Waals surface area contributed by atoms with Crippen LogP contribution in [0.5, 0.6) is 0 Å². The molecule has 0 amide bonds. The highest BCUT2D eigenvalue weighted by Gasteiger charge is 2.28. The van der Waals surface area contributed by atoms with E-state index in [1.165, 1.54) is 5.92 Å². The fraction of sp³-hybridized carbons (Fsp3) is 0.778. The largest absolute Gasteiger partial charge is 0.298 e. The topological polar surface area (TPSA) is 20.3 Å². The number of carbonyl (C=O) groups is 1. The summed E-state index contributed by atoms with van der Waals surface area (Å²) in [4.78, 5) is 13.3. The Bertz CT molecular complexity index is 154. The van der Waals surface area contributed by atoms with Crippen LogP contribution in [0.3, 0.4) is 0 Å². The van der Waals surface area contributed by atoms with Crippen molar-refractivity contribution < 1.29 is 4.79 Å². The lowest BCUT2D eigenvalue weighted by molar-refractivity contribution is -0.119. The number of likely N-dealkylation sites (tertiary alicyclic amines) is 1. The predicted molar refractivity (Wildman–Crippen MR) is 45.3 cm³/mol. The Balaban J connectivity index is 2.42. The van der Waals surface area contributed by atoms with Crippen LogP contribution in [-0.2, 0) is 4.79 Å². The van der Waals surface area contributed by atoms with Crippen molar-refractivity contribution in [1.82, 2.24) is 4.90 Å². The molecule has 0 aromatic rings. The summed E-state index contributed by atoms with van der Waals surface area (Å²) in [5.41, 5.74) is 0. The fourth-order valence-electron chi connectivity index (χ4n) is 1.48. The Kier molecular flexibility index (Phi) is 2.66. The lowest BCUT2D eigenvalue weighted by Gasteiger charge is -2.21. The molecule has 0 unspecified atom stereocenters. The molecule has 63 valence electrons. The third-order valence-electron chi connectivity index (χ3n) is 2.18. The van der Waals surface area contributed by atoms with Crippen molar-refractivity contribution >= 4 is 5.78 Å². The summed E-state index contributed by atoms with van der Waals surface area (Å²) in [6.45, 7) is 8.14. The molecule has 1 radical (unpaired) electrons. The zero-order valence-corrected chi connectivity index (χ0v) is 7.55. The van der Waals surface area contributed by atoms with Gasteiger partial charge in [0, 0.05) is 19.5 Å². The van der Waals surface area contributed by atoms with E-state index >= 15 is 0 Å². The van der Waals surface area contributed by atoms with Crippen molar-refractivity contribution in [3.63, 3.8) is 0 Å². The minimum atomic E-state index is 0.157. The first-order valence-corrected chi connectivity index (χ1v) is 4.17. The van der Waals surface area contributed by atoms with Crippen molar-refractivity contribution in [2.75, 3.05) is 13.1 Å². The molecule has 1 heterocycles. The molecule has 2 nitrogen and oxygen atoms in total. The fourth-order valence-corrected chi connectivity index (χ4v) is 1.48. The minimum Gasteiger partial charge on any atom is -0.298 e. The van der Waals surface area contributed by atoms with Gasteiger partial charge in [0.2, 0.25) is 0 Å². The van der Waals surface area contributed by atoms with E-state index in [1.807, 2.05) is 6.92 Å². The third kappa shape index (κ3) is 2.03. The van der Waals surface area contributed by atoms with E-state index in [2.05, 4.69) is 18.7 Å². The van der Waals surface area contributed by atoms with Gasteiger partial charge in [-0.2, -0.15) is 0 Å². The van der Waals surface area contributed by atoms with E-state index in [0.29, 0.717) is 5.78 Å². The van der Waals surface area contributed by atoms with Gasteiger partial charge in [0.25, 0.3) is 0 Å². The first kappa shape index (κ1) is 8.72. The quantitative estimate of drug-likeness (QED) is 0.597. The van der Waals surface area contributed by atoms with Crippen LogP contribution in [-0.4, -0.2) is 29.8 Å². The maximum atomic E-state index is 11.1. The third-order valence-corrected chi connectivity index (χ3v) is 2.18. The molecule has 11 heavy (non-hydrogen) atoms. The molecule has 1 rings (SSSR count). The molecule has 0 aliphatic carbocycles. The first-order chi connectivity index (χ1) is 5.11. The van der Waals surface area contributed by atoms with Gasteiger partial charge in [-0.05, 0) is 12.8 Å². The highest BCUT2D eigenvalue weighted by Crippen LogP contribution is 2.14. The zero-order valence-electron chi connectivity index (χ0n) is 7.55. The van der Waals surface area contributed by atoms with E-state index in [0.717, 1.165) is 19.5 Å². The second-order valence-corrected chi connectivity index (χ2v) is 3.57. The predicted octanol–water partition coefficient (Wildman–Crippen LogP) is 1.26. The molecule has 0 saturated carbocycles. The van der Waals surface area contributed by atoms with Gasteiger partial charge in [0.05, 0.1) is 6.04 Å². The molecule has 2 heteroatoms. The van der Waals surface area contributed by atoms with Gasteiger partial charge < -0.3 is 0 Å². The zero-order chi connectivity index (χ0) is 8.43. The van der Waals surface area contributed by atoms with E-state index in [9.17, 15) is 4.79 Å². The lowest BCUT2D eigenvalue weighted by Crippen LogP contribution is -2.32. The SMILES string of the molecule is C[C](C)CN1CCC(=O)[C@@H]1C. The molecule has 0 aromatic carbocycles. The molecule has 0 bridgehead atoms. The van der Waals surface area contributed by atoms with E-state index in [-0.39, 0.29) is 6.04 Å². The van der Waals surface area contributed by atoms with Crippen molar-refractivity contribution in [2.45, 2.75) is 33.2 Å². The molecule has 1 aliphatic rings. The van der Waals surface area contributed by atoms with Crippen LogP contribution in [0.1, 0.15) is 27.2 Å². The first-order valence-electron chi connectivity index (χ1n) is 4.17. The van der Waals surface area contributed by atoms with Crippen molar-refractivity contribution in [1.29, 1.82) is 0 Å². The number of rotatable bonds is 2. The maximum Gasteiger partial charge on any atom is 0.150 e. The summed E-state index contributed by atoms with van der Waals surface area (Å²) in [5.74, 6) is 1.78. The van der Waals surface area contributed by atoms with Crippen LogP contribution in [0.15, 0.2) is 0 Å². The van der Waals surface area contributed by atoms with E-state index < -0.39 is 0 Å². The standard InChI is InChI=1S/C9H16NO/c1-7(2)6-10-5-4-9(11)8(10)3/h8H,4-6H2,1-3H3/t8-/m0/s1. The van der Waals surface area contributed by atoms with Gasteiger partial charge in [-0.15, -0.1) is 0 Å². The molecule has 1 saturated heterocycles. The Morgan fingerprint density at radius 2 is 2.27 bits per heavy atom. The van der Waals surface area contributed by atoms with Crippen LogP contribution in [0.25, 0.3) is 0 Å². The molecule has 0 spiro atoms. The molecule has 0 aromatic heterocycles. The van der Waals surface area contributed by atoms with Crippen molar-refractivity contribution in [3.8, 4) is 0 Å². The number of Topliss-reactive ketones (excluding diaryl/α,β-unsaturated/α-hetero) is 1. The van der Waals surface area contributed by atoms with Gasteiger partial charge in [-0.25, -0.2) is 0 Å². The smallest absolute Gasteiger partial charge is 0.150 e. The molecule has 1 atom stereocenters. The molecule has 0 N–H and O–H groups in total. The maximum absolute atomic E-state index is 11.1. The monoisotopic (exact) mass is 154 g/mol. The Morgan fingerprint density at radius 1 is 1.64 bits per heavy atom. The Hall–Kier alpha value is -0.370. The van der Waals surface area contributed by atoms with E-state index in [4.69, 9.17) is 0 Å². The van der Waals surface area contributed by atoms with Gasteiger partial charge in [0.15, 0.2) is 5.78 Å². The highest BCUT2D eigenvalue weighted by atomic mass is 16.1. The summed E-state index contributed by atoms with van der Waals surface area (Å²) >= 11 is 0. The second kappa shape index (κ2) is 3.35. The van der Waals surface area contributed by atoms with Crippen LogP contribution >= 0.6 is 0 Å². The van der Waals surface area contributed by atoms with Crippen LogP contribution < -0.4 is 0 Å². The summed E-state index contributed by atoms with van der Waals surface area (Å²) in [7, 11) is 0. The highest BCUT2D eigenvalue weighted by molar-refractivity contribution is 5.85. The molecular weight excluding hydrogens is 138 g/mol. The van der Waals surface area contributed by atoms with Crippen LogP contribution in [0.2, 0.25) is 0 Å². The Labute approximate surface area is 68.6 Å². The molecular formula is C9H16NO. The lowest BCUT2D eigenvalue weighted by atomic mass is 10.2. The second-order valence-electron chi connectivity index (χ2n) is 3.57. The summed E-state index contributed by atoms with van der Waals surface area (Å²) in [6.07, 6.45) is 0.744. The van der Waals surface area contributed by atoms with Gasteiger partial charge >= 0.3 is 0 Å². The average molecular weight is 154 g/mol. The summed E-state index contributed by atoms with van der Waals surface area (Å²) in [5, 5.41) is 0. The number of carbonyl (C=O) groups excluding carboxylic acids is 1. The van der Waals surface area contributed by atoms with Crippen LogP contribution in [0.4, 0.5) is 0 Å². The number of hydrogen-bond acceptors (Lipinski definition) is 2. The minimum absolute atomic E-state index is 0.157. The number of hydrogen-bond donors (Lipinski definition) is 0. The molecule has 1 fully saturated rings. The summed E-state index contributed by atoms with van der Waals surface area (Å²) in [6, 6.07) is 0.157. The molecule has 1 aliphatic heterocycles. The van der Waals surface area contributed by atoms with Crippen molar-refractivity contribution in [2.24, 2.45) is 0 Å². The van der Waals surface area contributed by atoms with E-state index in [1.54, 1.807) is 0 Å². The number of nitrogens with zero attached hydrogens (tertiary/aromatic N) is 1. The summed E-state index contributed by atoms with van der Waals surface area (Å²) < 4.78 is 0. The van der Waals surface area contributed by atoms with Gasteiger partial charge in [0.1, 0.15) is 0 Å². The Morgan fingerprint density at radius 3 is 2.64 bits per heavy atom. The van der Waals surface area contributed by atoms with Gasteiger partial charge in [-0.1, -0.05) is 13.8 Å².